The fraction of sp³-hybridized carbons (Fsp3) is 0.360. The molecule has 2 N–H and O–H groups in total. The summed E-state index contributed by atoms with van der Waals surface area (Å²) >= 11 is 0. The summed E-state index contributed by atoms with van der Waals surface area (Å²) in [4.78, 5) is 33.2. The van der Waals surface area contributed by atoms with E-state index in [2.05, 4.69) is 22.1 Å². The minimum atomic E-state index is -0.183. The number of nitrogens with one attached hydrogen (secondary N) is 2. The smallest absolute Gasteiger partial charge is 0.322 e. The van der Waals surface area contributed by atoms with Crippen LogP contribution in [0.3, 0.4) is 0 Å². The molecule has 6 heteroatoms. The van der Waals surface area contributed by atoms with Crippen molar-refractivity contribution in [3.05, 3.63) is 76.1 Å². The van der Waals surface area contributed by atoms with E-state index in [9.17, 15) is 9.59 Å². The lowest BCUT2D eigenvalue weighted by molar-refractivity contribution is 0.174. The van der Waals surface area contributed by atoms with Crippen LogP contribution < -0.4 is 10.9 Å². The van der Waals surface area contributed by atoms with E-state index in [4.69, 9.17) is 0 Å². The van der Waals surface area contributed by atoms with E-state index in [0.29, 0.717) is 18.2 Å². The molecule has 1 atom stereocenters. The third-order valence-electron chi connectivity index (χ3n) is 6.09. The number of hydrogen-bond acceptors (Lipinski definition) is 3. The van der Waals surface area contributed by atoms with Gasteiger partial charge in [-0.15, -0.1) is 0 Å². The van der Waals surface area contributed by atoms with Gasteiger partial charge in [-0.1, -0.05) is 37.3 Å². The minimum Gasteiger partial charge on any atom is -0.322 e. The minimum absolute atomic E-state index is 0.144. The molecule has 2 heterocycles. The van der Waals surface area contributed by atoms with Gasteiger partial charge in [0, 0.05) is 29.4 Å². The van der Waals surface area contributed by atoms with Crippen molar-refractivity contribution < 1.29 is 4.79 Å². The highest BCUT2D eigenvalue weighted by molar-refractivity contribution is 5.89. The third-order valence-corrected chi connectivity index (χ3v) is 6.09. The fourth-order valence-corrected chi connectivity index (χ4v) is 4.40. The maximum absolute atomic E-state index is 13.2. The largest absolute Gasteiger partial charge is 0.322 e. The molecule has 31 heavy (non-hydrogen) atoms. The Balaban J connectivity index is 1.61. The number of aryl methyl sites for hydroxylation is 1. The second-order valence-corrected chi connectivity index (χ2v) is 8.32. The van der Waals surface area contributed by atoms with Crippen LogP contribution in [-0.4, -0.2) is 46.5 Å². The van der Waals surface area contributed by atoms with Crippen LogP contribution in [0.4, 0.5) is 10.5 Å². The van der Waals surface area contributed by atoms with E-state index in [-0.39, 0.29) is 18.1 Å². The molecule has 1 aliphatic heterocycles. The van der Waals surface area contributed by atoms with Gasteiger partial charge < -0.3 is 15.2 Å². The summed E-state index contributed by atoms with van der Waals surface area (Å²) in [5.41, 5.74) is 3.12. The zero-order chi connectivity index (χ0) is 21.8. The van der Waals surface area contributed by atoms with E-state index in [1.165, 1.54) is 0 Å². The van der Waals surface area contributed by atoms with Crippen LogP contribution >= 0.6 is 0 Å². The molecule has 6 nitrogen and oxygen atoms in total. The van der Waals surface area contributed by atoms with Crippen molar-refractivity contribution in [3.8, 4) is 0 Å². The van der Waals surface area contributed by atoms with Crippen LogP contribution in [0.15, 0.2) is 59.4 Å². The van der Waals surface area contributed by atoms with Gasteiger partial charge in [0.15, 0.2) is 0 Å². The number of aromatic amines is 1. The molecule has 0 spiro atoms. The molecule has 2 aromatic carbocycles. The number of likely N-dealkylation sites (N-methyl/N-ethyl adjacent to an activating group) is 1. The Morgan fingerprint density at radius 2 is 2.00 bits per heavy atom. The fourth-order valence-electron chi connectivity index (χ4n) is 4.40. The van der Waals surface area contributed by atoms with E-state index >= 15 is 0 Å². The summed E-state index contributed by atoms with van der Waals surface area (Å²) in [5.74, 6) is 0. The molecule has 0 aliphatic carbocycles. The summed E-state index contributed by atoms with van der Waals surface area (Å²) in [7, 11) is 0. The lowest BCUT2D eigenvalue weighted by Crippen LogP contribution is -2.45. The van der Waals surface area contributed by atoms with Gasteiger partial charge in [-0.3, -0.25) is 9.69 Å². The van der Waals surface area contributed by atoms with E-state index in [1.54, 1.807) is 4.90 Å². The molecule has 162 valence electrons. The first-order valence-electron chi connectivity index (χ1n) is 11.0. The Hall–Kier alpha value is -3.12. The number of urea groups is 1. The van der Waals surface area contributed by atoms with Crippen LogP contribution in [0.2, 0.25) is 0 Å². The highest BCUT2D eigenvalue weighted by Crippen LogP contribution is 2.20. The molecule has 2 amide bonds. The average molecular weight is 419 g/mol. The highest BCUT2D eigenvalue weighted by Gasteiger charge is 2.27. The second-order valence-electron chi connectivity index (χ2n) is 8.32. The van der Waals surface area contributed by atoms with Gasteiger partial charge in [-0.25, -0.2) is 4.79 Å². The Morgan fingerprint density at radius 3 is 2.77 bits per heavy atom. The van der Waals surface area contributed by atoms with Gasteiger partial charge in [0.2, 0.25) is 0 Å². The normalized spacial score (nSPS) is 16.5. The van der Waals surface area contributed by atoms with Gasteiger partial charge in [-0.05, 0) is 68.1 Å². The summed E-state index contributed by atoms with van der Waals surface area (Å²) in [6.45, 7) is 7.05. The van der Waals surface area contributed by atoms with Crippen LogP contribution in [0.1, 0.15) is 30.9 Å². The monoisotopic (exact) mass is 418 g/mol. The van der Waals surface area contributed by atoms with Crippen molar-refractivity contribution in [2.45, 2.75) is 39.3 Å². The van der Waals surface area contributed by atoms with Crippen molar-refractivity contribution in [2.75, 3.05) is 25.0 Å². The Bertz CT molecular complexity index is 1110. The second kappa shape index (κ2) is 9.35. The molecule has 1 saturated heterocycles. The first kappa shape index (κ1) is 21.1. The number of fused-ring (bicyclic) bond motifs is 1. The lowest BCUT2D eigenvalue weighted by atomic mass is 10.1. The lowest BCUT2D eigenvalue weighted by Gasteiger charge is -2.30. The number of aromatic nitrogens is 1. The number of anilines is 1. The van der Waals surface area contributed by atoms with Crippen LogP contribution in [0.5, 0.6) is 0 Å². The summed E-state index contributed by atoms with van der Waals surface area (Å²) in [6, 6.07) is 17.5. The number of hydrogen-bond donors (Lipinski definition) is 2. The first-order valence-corrected chi connectivity index (χ1v) is 11.0. The predicted molar refractivity (Wildman–Crippen MR) is 125 cm³/mol. The number of H-pyrrole nitrogens is 1. The summed E-state index contributed by atoms with van der Waals surface area (Å²) < 4.78 is 0. The molecule has 0 radical (unpaired) electrons. The van der Waals surface area contributed by atoms with Crippen LogP contribution in [0, 0.1) is 6.92 Å². The van der Waals surface area contributed by atoms with Crippen molar-refractivity contribution in [1.82, 2.24) is 14.8 Å². The van der Waals surface area contributed by atoms with Crippen LogP contribution in [0.25, 0.3) is 10.9 Å². The number of amides is 2. The molecule has 1 unspecified atom stereocenters. The number of para-hydroxylation sites is 1. The predicted octanol–water partition coefficient (Wildman–Crippen LogP) is 4.35. The third kappa shape index (κ3) is 4.97. The molecule has 1 fully saturated rings. The average Bonchev–Trinajstić information content (AvgIpc) is 3.21. The van der Waals surface area contributed by atoms with E-state index in [0.717, 1.165) is 48.1 Å². The number of nitrogens with zero attached hydrogens (tertiary/aromatic N) is 2. The molecule has 4 rings (SSSR count). The van der Waals surface area contributed by atoms with Crippen molar-refractivity contribution >= 4 is 22.6 Å². The standard InChI is InChI=1S/C25H30N4O2/c1-3-28-13-7-10-22(28)17-29(25(31)26-21-8-5-4-6-9-21)16-20-15-19-12-11-18(2)14-23(19)27-24(20)30/h4-6,8-9,11-12,14-15,22H,3,7,10,13,16-17H2,1-2H3,(H,26,31)(H,27,30). The number of likely N-dealkylation sites (tertiary alicyclic amines) is 1. The van der Waals surface area contributed by atoms with Crippen molar-refractivity contribution in [3.63, 3.8) is 0 Å². The van der Waals surface area contributed by atoms with Gasteiger partial charge in [0.1, 0.15) is 0 Å². The van der Waals surface area contributed by atoms with Gasteiger partial charge in [0.25, 0.3) is 5.56 Å². The molecule has 1 aromatic heterocycles. The number of carbonyl (C=O) groups is 1. The Morgan fingerprint density at radius 1 is 1.19 bits per heavy atom. The van der Waals surface area contributed by atoms with Crippen molar-refractivity contribution in [1.29, 1.82) is 0 Å². The Labute approximate surface area is 182 Å². The first-order chi connectivity index (χ1) is 15.0. The van der Waals surface area contributed by atoms with E-state index in [1.807, 2.05) is 61.5 Å². The number of pyridine rings is 1. The topological polar surface area (TPSA) is 68.4 Å². The Kier molecular flexibility index (Phi) is 6.37. The van der Waals surface area contributed by atoms with Gasteiger partial charge in [0.05, 0.1) is 6.54 Å². The highest BCUT2D eigenvalue weighted by atomic mass is 16.2. The van der Waals surface area contributed by atoms with E-state index < -0.39 is 0 Å². The van der Waals surface area contributed by atoms with Crippen molar-refractivity contribution in [2.24, 2.45) is 0 Å². The number of carbonyl (C=O) groups excluding carboxylic acids is 1. The number of benzene rings is 2. The molecule has 3 aromatic rings. The summed E-state index contributed by atoms with van der Waals surface area (Å²) in [6.07, 6.45) is 2.21. The zero-order valence-electron chi connectivity index (χ0n) is 18.2. The quantitative estimate of drug-likeness (QED) is 0.625. The molecule has 0 bridgehead atoms. The molecular formula is C25H30N4O2. The van der Waals surface area contributed by atoms with Gasteiger partial charge in [-0.2, -0.15) is 0 Å². The summed E-state index contributed by atoms with van der Waals surface area (Å²) in [5, 5.41) is 3.96. The van der Waals surface area contributed by atoms with Crippen LogP contribution in [-0.2, 0) is 6.54 Å². The zero-order valence-corrected chi connectivity index (χ0v) is 18.2. The molecule has 1 aliphatic rings. The molecular weight excluding hydrogens is 388 g/mol. The van der Waals surface area contributed by atoms with Gasteiger partial charge >= 0.3 is 6.03 Å². The maximum atomic E-state index is 13.2. The molecule has 0 saturated carbocycles. The number of rotatable bonds is 6. The SMILES string of the molecule is CCN1CCCC1CN(Cc1cc2ccc(C)cc2[nH]c1=O)C(=O)Nc1ccccc1. The maximum Gasteiger partial charge on any atom is 0.322 e.